The number of fused-ring (bicyclic) bond motifs is 1. The number of hydrogen-bond acceptors (Lipinski definition) is 2. The van der Waals surface area contributed by atoms with Crippen molar-refractivity contribution in [1.29, 1.82) is 0 Å². The zero-order valence-corrected chi connectivity index (χ0v) is 9.73. The van der Waals surface area contributed by atoms with Crippen molar-refractivity contribution in [3.8, 4) is 0 Å². The molecular formula is C12H17F2N3. The lowest BCUT2D eigenvalue weighted by atomic mass is 9.62. The zero-order chi connectivity index (χ0) is 12.1. The van der Waals surface area contributed by atoms with E-state index in [1.807, 2.05) is 0 Å². The van der Waals surface area contributed by atoms with E-state index in [-0.39, 0.29) is 19.4 Å². The van der Waals surface area contributed by atoms with Gasteiger partial charge in [-0.3, -0.25) is 5.10 Å². The number of nitrogens with one attached hydrogen (secondary N) is 1. The summed E-state index contributed by atoms with van der Waals surface area (Å²) in [6, 6.07) is 0. The molecule has 0 unspecified atom stereocenters. The van der Waals surface area contributed by atoms with E-state index in [4.69, 9.17) is 5.73 Å². The lowest BCUT2D eigenvalue weighted by Gasteiger charge is -2.46. The van der Waals surface area contributed by atoms with E-state index in [0.29, 0.717) is 0 Å². The number of alkyl halides is 2. The molecule has 3 rings (SSSR count). The van der Waals surface area contributed by atoms with Gasteiger partial charge in [-0.2, -0.15) is 5.10 Å². The number of aryl methyl sites for hydroxylation is 1. The molecule has 1 aromatic rings. The highest BCUT2D eigenvalue weighted by Gasteiger charge is 2.58. The molecule has 0 bridgehead atoms. The van der Waals surface area contributed by atoms with Crippen LogP contribution < -0.4 is 5.73 Å². The molecule has 17 heavy (non-hydrogen) atoms. The van der Waals surface area contributed by atoms with Gasteiger partial charge in [0.25, 0.3) is 0 Å². The van der Waals surface area contributed by atoms with E-state index in [1.54, 1.807) is 0 Å². The summed E-state index contributed by atoms with van der Waals surface area (Å²) >= 11 is 0. The second-order valence-corrected chi connectivity index (χ2v) is 5.43. The molecule has 5 heteroatoms. The minimum absolute atomic E-state index is 0.145. The Bertz CT molecular complexity index is 431. The average molecular weight is 241 g/mol. The number of aromatic nitrogens is 2. The Kier molecular flexibility index (Phi) is 2.30. The summed E-state index contributed by atoms with van der Waals surface area (Å²) in [7, 11) is 0. The summed E-state index contributed by atoms with van der Waals surface area (Å²) in [5.74, 6) is -2.56. The van der Waals surface area contributed by atoms with Crippen molar-refractivity contribution >= 4 is 0 Å². The second-order valence-electron chi connectivity index (χ2n) is 5.43. The molecule has 3 nitrogen and oxygen atoms in total. The first-order chi connectivity index (χ1) is 8.06. The normalized spacial score (nSPS) is 25.1. The topological polar surface area (TPSA) is 54.7 Å². The molecule has 0 radical (unpaired) electrons. The fourth-order valence-corrected chi connectivity index (χ4v) is 3.27. The lowest BCUT2D eigenvalue weighted by Crippen LogP contribution is -2.54. The Morgan fingerprint density at radius 2 is 1.94 bits per heavy atom. The Hall–Kier alpha value is -0.970. The van der Waals surface area contributed by atoms with Gasteiger partial charge in [0.15, 0.2) is 0 Å². The van der Waals surface area contributed by atoms with Gasteiger partial charge in [-0.15, -0.1) is 0 Å². The Morgan fingerprint density at radius 1 is 1.24 bits per heavy atom. The third kappa shape index (κ3) is 1.59. The summed E-state index contributed by atoms with van der Waals surface area (Å²) in [4.78, 5) is 0. The number of nitrogens with two attached hydrogens (primary N) is 1. The van der Waals surface area contributed by atoms with Crippen molar-refractivity contribution in [2.75, 3.05) is 6.54 Å². The summed E-state index contributed by atoms with van der Waals surface area (Å²) in [5, 5.41) is 7.30. The maximum atomic E-state index is 13.2. The predicted octanol–water partition coefficient (Wildman–Crippen LogP) is 1.91. The highest BCUT2D eigenvalue weighted by Crippen LogP contribution is 2.53. The highest BCUT2D eigenvalue weighted by molar-refractivity contribution is 5.37. The smallest absolute Gasteiger partial charge is 0.250 e. The molecule has 2 aliphatic carbocycles. The van der Waals surface area contributed by atoms with E-state index in [2.05, 4.69) is 10.2 Å². The fraction of sp³-hybridized carbons (Fsp3) is 0.750. The summed E-state index contributed by atoms with van der Waals surface area (Å²) in [5.41, 5.74) is 8.27. The SMILES string of the molecule is NCC1(c2n[nH]c3c2CCCC3)CC(F)(F)C1. The molecule has 1 saturated carbocycles. The van der Waals surface area contributed by atoms with Crippen LogP contribution in [0.5, 0.6) is 0 Å². The lowest BCUT2D eigenvalue weighted by molar-refractivity contribution is -0.125. The van der Waals surface area contributed by atoms with Gasteiger partial charge in [-0.25, -0.2) is 8.78 Å². The first-order valence-corrected chi connectivity index (χ1v) is 6.21. The highest BCUT2D eigenvalue weighted by atomic mass is 19.3. The van der Waals surface area contributed by atoms with Crippen LogP contribution in [0.4, 0.5) is 8.78 Å². The quantitative estimate of drug-likeness (QED) is 0.831. The minimum Gasteiger partial charge on any atom is -0.330 e. The van der Waals surface area contributed by atoms with Gasteiger partial charge in [-0.05, 0) is 31.2 Å². The number of H-pyrrole nitrogens is 1. The first-order valence-electron chi connectivity index (χ1n) is 6.21. The average Bonchev–Trinajstić information content (AvgIpc) is 2.69. The number of hydrogen-bond donors (Lipinski definition) is 2. The maximum Gasteiger partial charge on any atom is 0.250 e. The molecule has 2 aliphatic rings. The largest absolute Gasteiger partial charge is 0.330 e. The zero-order valence-electron chi connectivity index (χ0n) is 9.73. The number of rotatable bonds is 2. The van der Waals surface area contributed by atoms with E-state index < -0.39 is 11.3 Å². The Balaban J connectivity index is 1.96. The van der Waals surface area contributed by atoms with Crippen LogP contribution in [0.25, 0.3) is 0 Å². The van der Waals surface area contributed by atoms with Crippen LogP contribution in [0.15, 0.2) is 0 Å². The van der Waals surface area contributed by atoms with Gasteiger partial charge < -0.3 is 5.73 Å². The first kappa shape index (κ1) is 11.1. The molecule has 3 N–H and O–H groups in total. The van der Waals surface area contributed by atoms with Crippen LogP contribution in [-0.2, 0) is 18.3 Å². The predicted molar refractivity (Wildman–Crippen MR) is 60.1 cm³/mol. The standard InChI is InChI=1S/C12H17F2N3/c13-12(14)5-11(6-12,7-15)10-8-3-1-2-4-9(8)16-17-10/h1-7,15H2,(H,16,17). The van der Waals surface area contributed by atoms with Gasteiger partial charge in [0, 0.05) is 30.5 Å². The number of aromatic amines is 1. The van der Waals surface area contributed by atoms with Crippen LogP contribution in [0, 0.1) is 0 Å². The maximum absolute atomic E-state index is 13.2. The molecule has 1 fully saturated rings. The third-order valence-electron chi connectivity index (χ3n) is 4.14. The third-order valence-corrected chi connectivity index (χ3v) is 4.14. The number of nitrogens with zero attached hydrogens (tertiary/aromatic N) is 1. The van der Waals surface area contributed by atoms with E-state index in [0.717, 1.165) is 42.6 Å². The molecule has 0 amide bonds. The van der Waals surface area contributed by atoms with E-state index >= 15 is 0 Å². The summed E-state index contributed by atoms with van der Waals surface area (Å²) < 4.78 is 26.3. The monoisotopic (exact) mass is 241 g/mol. The fourth-order valence-electron chi connectivity index (χ4n) is 3.27. The van der Waals surface area contributed by atoms with Gasteiger partial charge in [0.2, 0.25) is 5.92 Å². The molecule has 0 spiro atoms. The summed E-state index contributed by atoms with van der Waals surface area (Å²) in [6.07, 6.45) is 3.92. The van der Waals surface area contributed by atoms with Crippen LogP contribution in [0.1, 0.15) is 42.6 Å². The number of halogens is 2. The van der Waals surface area contributed by atoms with E-state index in [1.165, 1.54) is 0 Å². The van der Waals surface area contributed by atoms with Crippen LogP contribution in [0.3, 0.4) is 0 Å². The van der Waals surface area contributed by atoms with Crippen molar-refractivity contribution in [1.82, 2.24) is 10.2 Å². The van der Waals surface area contributed by atoms with Crippen LogP contribution >= 0.6 is 0 Å². The van der Waals surface area contributed by atoms with Crippen molar-refractivity contribution in [3.05, 3.63) is 17.0 Å². The van der Waals surface area contributed by atoms with Gasteiger partial charge in [0.1, 0.15) is 0 Å². The van der Waals surface area contributed by atoms with Crippen LogP contribution in [0.2, 0.25) is 0 Å². The van der Waals surface area contributed by atoms with Gasteiger partial charge >= 0.3 is 0 Å². The van der Waals surface area contributed by atoms with Crippen molar-refractivity contribution in [2.45, 2.75) is 49.9 Å². The molecule has 0 atom stereocenters. The Morgan fingerprint density at radius 3 is 2.59 bits per heavy atom. The van der Waals surface area contributed by atoms with E-state index in [9.17, 15) is 8.78 Å². The van der Waals surface area contributed by atoms with Crippen molar-refractivity contribution in [2.24, 2.45) is 5.73 Å². The molecule has 1 aromatic heterocycles. The van der Waals surface area contributed by atoms with Gasteiger partial charge in [-0.1, -0.05) is 0 Å². The molecular weight excluding hydrogens is 224 g/mol. The molecule has 0 aliphatic heterocycles. The summed E-state index contributed by atoms with van der Waals surface area (Å²) in [6.45, 7) is 0.264. The minimum atomic E-state index is -2.56. The van der Waals surface area contributed by atoms with Crippen molar-refractivity contribution in [3.63, 3.8) is 0 Å². The molecule has 0 aromatic carbocycles. The van der Waals surface area contributed by atoms with Gasteiger partial charge in [0.05, 0.1) is 5.69 Å². The second kappa shape index (κ2) is 3.51. The Labute approximate surface area is 98.8 Å². The van der Waals surface area contributed by atoms with Crippen molar-refractivity contribution < 1.29 is 8.78 Å². The van der Waals surface area contributed by atoms with Crippen LogP contribution in [-0.4, -0.2) is 22.7 Å². The molecule has 94 valence electrons. The molecule has 0 saturated heterocycles. The molecule has 1 heterocycles.